The van der Waals surface area contributed by atoms with Crippen LogP contribution in [0.5, 0.6) is 5.75 Å². The second-order valence-corrected chi connectivity index (χ2v) is 6.37. The fourth-order valence-electron chi connectivity index (χ4n) is 2.81. The van der Waals surface area contributed by atoms with Gasteiger partial charge in [-0.25, -0.2) is 4.39 Å². The predicted octanol–water partition coefficient (Wildman–Crippen LogP) is 4.44. The molecule has 0 saturated carbocycles. The number of carbonyl (C=O) groups excluding carboxylic acids is 2. The number of hydrogen-bond acceptors (Lipinski definition) is 3. The number of methoxy groups -OCH3 is 1. The Bertz CT molecular complexity index is 966. The largest absolute Gasteiger partial charge is 0.497 e. The minimum atomic E-state index is -0.569. The Morgan fingerprint density at radius 1 is 0.857 bits per heavy atom. The first kappa shape index (κ1) is 19.3. The Morgan fingerprint density at radius 2 is 1.43 bits per heavy atom. The van der Waals surface area contributed by atoms with Crippen molar-refractivity contribution >= 4 is 17.4 Å². The molecular formula is C23H20FNO3. The molecule has 1 amide bonds. The summed E-state index contributed by atoms with van der Waals surface area (Å²) in [6.45, 7) is 0. The van der Waals surface area contributed by atoms with Gasteiger partial charge in [-0.3, -0.25) is 9.59 Å². The van der Waals surface area contributed by atoms with Gasteiger partial charge in [0.15, 0.2) is 0 Å². The summed E-state index contributed by atoms with van der Waals surface area (Å²) >= 11 is 0. The number of ketones is 1. The van der Waals surface area contributed by atoms with E-state index in [2.05, 4.69) is 5.32 Å². The van der Waals surface area contributed by atoms with Gasteiger partial charge in [0.25, 0.3) is 5.91 Å². The van der Waals surface area contributed by atoms with E-state index in [1.165, 1.54) is 18.2 Å². The minimum Gasteiger partial charge on any atom is -0.497 e. The van der Waals surface area contributed by atoms with Crippen LogP contribution in [0.1, 0.15) is 21.5 Å². The monoisotopic (exact) mass is 377 g/mol. The maximum Gasteiger partial charge on any atom is 0.258 e. The van der Waals surface area contributed by atoms with Gasteiger partial charge in [-0.1, -0.05) is 36.4 Å². The topological polar surface area (TPSA) is 55.4 Å². The van der Waals surface area contributed by atoms with Crippen LogP contribution in [-0.4, -0.2) is 18.8 Å². The van der Waals surface area contributed by atoms with Crippen molar-refractivity contribution in [2.75, 3.05) is 12.4 Å². The highest BCUT2D eigenvalue weighted by atomic mass is 19.1. The summed E-state index contributed by atoms with van der Waals surface area (Å²) in [5, 5.41) is 2.65. The van der Waals surface area contributed by atoms with Gasteiger partial charge in [-0.2, -0.15) is 0 Å². The SMILES string of the molecule is COc1ccc(CC(=O)Cc2ccc(NC(=O)c3ccccc3F)cc2)cc1. The number of ether oxygens (including phenoxy) is 1. The van der Waals surface area contributed by atoms with Crippen molar-refractivity contribution in [3.05, 3.63) is 95.3 Å². The number of halogens is 1. The third-order valence-corrected chi connectivity index (χ3v) is 4.29. The summed E-state index contributed by atoms with van der Waals surface area (Å²) < 4.78 is 18.8. The molecule has 0 heterocycles. The summed E-state index contributed by atoms with van der Waals surface area (Å²) in [5.41, 5.74) is 2.31. The average molecular weight is 377 g/mol. The van der Waals surface area contributed by atoms with Crippen molar-refractivity contribution in [3.8, 4) is 5.75 Å². The van der Waals surface area contributed by atoms with Gasteiger partial charge in [0, 0.05) is 18.5 Å². The van der Waals surface area contributed by atoms with E-state index in [0.717, 1.165) is 16.9 Å². The van der Waals surface area contributed by atoms with Crippen LogP contribution >= 0.6 is 0 Å². The normalized spacial score (nSPS) is 10.4. The highest BCUT2D eigenvalue weighted by Crippen LogP contribution is 2.15. The van der Waals surface area contributed by atoms with Crippen molar-refractivity contribution in [3.63, 3.8) is 0 Å². The lowest BCUT2D eigenvalue weighted by Gasteiger charge is -2.07. The molecule has 0 aliphatic heterocycles. The number of amides is 1. The molecule has 4 nitrogen and oxygen atoms in total. The van der Waals surface area contributed by atoms with E-state index in [1.807, 2.05) is 24.3 Å². The number of Topliss-reactive ketones (excluding diaryl/α,β-unsaturated/α-hetero) is 1. The minimum absolute atomic E-state index is 0.0127. The van der Waals surface area contributed by atoms with Gasteiger partial charge in [0.2, 0.25) is 0 Å². The standard InChI is InChI=1S/C23H20FNO3/c1-28-20-12-8-17(9-13-20)15-19(26)14-16-6-10-18(11-7-16)25-23(27)21-4-2-3-5-22(21)24/h2-13H,14-15H2,1H3,(H,25,27). The van der Waals surface area contributed by atoms with E-state index in [9.17, 15) is 14.0 Å². The zero-order valence-corrected chi connectivity index (χ0v) is 15.4. The molecule has 3 aromatic carbocycles. The van der Waals surface area contributed by atoms with Crippen LogP contribution in [-0.2, 0) is 17.6 Å². The third-order valence-electron chi connectivity index (χ3n) is 4.29. The third kappa shape index (κ3) is 5.04. The van der Waals surface area contributed by atoms with Gasteiger partial charge < -0.3 is 10.1 Å². The summed E-state index contributed by atoms with van der Waals surface area (Å²) in [7, 11) is 1.60. The lowest BCUT2D eigenvalue weighted by molar-refractivity contribution is -0.117. The Morgan fingerprint density at radius 3 is 2.00 bits per heavy atom. The molecule has 0 saturated heterocycles. The molecule has 0 bridgehead atoms. The first-order chi connectivity index (χ1) is 13.5. The summed E-state index contributed by atoms with van der Waals surface area (Å²) in [4.78, 5) is 24.4. The van der Waals surface area contributed by atoms with E-state index < -0.39 is 11.7 Å². The molecule has 28 heavy (non-hydrogen) atoms. The van der Waals surface area contributed by atoms with E-state index in [4.69, 9.17) is 4.74 Å². The van der Waals surface area contributed by atoms with Crippen LogP contribution in [0, 0.1) is 5.82 Å². The predicted molar refractivity (Wildman–Crippen MR) is 106 cm³/mol. The molecule has 3 rings (SSSR count). The van der Waals surface area contributed by atoms with Crippen LogP contribution in [0.2, 0.25) is 0 Å². The molecule has 0 aliphatic rings. The molecule has 0 aromatic heterocycles. The zero-order chi connectivity index (χ0) is 19.9. The summed E-state index contributed by atoms with van der Waals surface area (Å²) in [5.74, 6) is -0.236. The molecule has 0 unspecified atom stereocenters. The lowest BCUT2D eigenvalue weighted by Crippen LogP contribution is -2.13. The average Bonchev–Trinajstić information content (AvgIpc) is 2.70. The number of nitrogens with one attached hydrogen (secondary N) is 1. The van der Waals surface area contributed by atoms with Gasteiger partial charge in [-0.15, -0.1) is 0 Å². The molecular weight excluding hydrogens is 357 g/mol. The molecule has 0 spiro atoms. The maximum absolute atomic E-state index is 13.7. The molecule has 142 valence electrons. The molecule has 0 radical (unpaired) electrons. The molecule has 0 atom stereocenters. The van der Waals surface area contributed by atoms with E-state index in [1.54, 1.807) is 37.4 Å². The van der Waals surface area contributed by atoms with Crippen LogP contribution < -0.4 is 10.1 Å². The van der Waals surface area contributed by atoms with Crippen LogP contribution in [0.4, 0.5) is 10.1 Å². The fourth-order valence-corrected chi connectivity index (χ4v) is 2.81. The number of carbonyl (C=O) groups is 2. The molecule has 0 aliphatic carbocycles. The Balaban J connectivity index is 1.57. The Hall–Kier alpha value is -3.47. The van der Waals surface area contributed by atoms with Crippen molar-refractivity contribution < 1.29 is 18.7 Å². The van der Waals surface area contributed by atoms with E-state index in [-0.39, 0.29) is 11.3 Å². The van der Waals surface area contributed by atoms with Crippen molar-refractivity contribution in [2.45, 2.75) is 12.8 Å². The zero-order valence-electron chi connectivity index (χ0n) is 15.4. The quantitative estimate of drug-likeness (QED) is 0.662. The Labute approximate surface area is 163 Å². The second-order valence-electron chi connectivity index (χ2n) is 6.37. The van der Waals surface area contributed by atoms with Gasteiger partial charge in [-0.05, 0) is 47.5 Å². The van der Waals surface area contributed by atoms with Gasteiger partial charge in [0.1, 0.15) is 17.3 Å². The van der Waals surface area contributed by atoms with Gasteiger partial charge >= 0.3 is 0 Å². The first-order valence-corrected chi connectivity index (χ1v) is 8.84. The van der Waals surface area contributed by atoms with Crippen LogP contribution in [0.15, 0.2) is 72.8 Å². The van der Waals surface area contributed by atoms with Crippen LogP contribution in [0.25, 0.3) is 0 Å². The fraction of sp³-hybridized carbons (Fsp3) is 0.130. The Kier molecular flexibility index (Phi) is 6.17. The number of anilines is 1. The van der Waals surface area contributed by atoms with Crippen molar-refractivity contribution in [1.82, 2.24) is 0 Å². The van der Waals surface area contributed by atoms with E-state index in [0.29, 0.717) is 18.5 Å². The molecule has 5 heteroatoms. The highest BCUT2D eigenvalue weighted by Gasteiger charge is 2.11. The first-order valence-electron chi connectivity index (χ1n) is 8.84. The summed E-state index contributed by atoms with van der Waals surface area (Å²) in [6, 6.07) is 20.2. The number of benzene rings is 3. The number of hydrogen-bond donors (Lipinski definition) is 1. The molecule has 3 aromatic rings. The smallest absolute Gasteiger partial charge is 0.258 e. The maximum atomic E-state index is 13.7. The number of rotatable bonds is 7. The lowest BCUT2D eigenvalue weighted by atomic mass is 10.0. The highest BCUT2D eigenvalue weighted by molar-refractivity contribution is 6.04. The van der Waals surface area contributed by atoms with Crippen molar-refractivity contribution in [1.29, 1.82) is 0 Å². The van der Waals surface area contributed by atoms with E-state index >= 15 is 0 Å². The van der Waals surface area contributed by atoms with Crippen molar-refractivity contribution in [2.24, 2.45) is 0 Å². The molecule has 0 fully saturated rings. The summed E-state index contributed by atoms with van der Waals surface area (Å²) in [6.07, 6.45) is 0.642. The van der Waals surface area contributed by atoms with Crippen LogP contribution in [0.3, 0.4) is 0 Å². The molecule has 1 N–H and O–H groups in total. The second kappa shape index (κ2) is 8.95. The van der Waals surface area contributed by atoms with Gasteiger partial charge in [0.05, 0.1) is 12.7 Å².